The zero-order valence-corrected chi connectivity index (χ0v) is 21.3. The molecule has 1 fully saturated rings. The lowest BCUT2D eigenvalue weighted by Crippen LogP contribution is -2.45. The summed E-state index contributed by atoms with van der Waals surface area (Å²) in [5.74, 6) is 2.63. The number of hydrogen-bond acceptors (Lipinski definition) is 4. The number of aryl methyl sites for hydroxylation is 1. The third-order valence-corrected chi connectivity index (χ3v) is 5.63. The van der Waals surface area contributed by atoms with Gasteiger partial charge in [-0.25, -0.2) is 4.99 Å². The van der Waals surface area contributed by atoms with E-state index in [0.29, 0.717) is 12.6 Å². The molecule has 1 aliphatic heterocycles. The number of guanidine groups is 1. The average molecular weight is 576 g/mol. The Morgan fingerprint density at radius 3 is 2.69 bits per heavy atom. The minimum absolute atomic E-state index is 0. The minimum atomic E-state index is 0. The topological polar surface area (TPSA) is 70.4 Å². The third-order valence-electron chi connectivity index (χ3n) is 5.10. The number of hydrogen-bond donors (Lipinski definition) is 2. The molecule has 7 nitrogen and oxygen atoms in total. The summed E-state index contributed by atoms with van der Waals surface area (Å²) in [6, 6.07) is 8.89. The second kappa shape index (κ2) is 11.7. The first kappa shape index (κ1) is 23.9. The summed E-state index contributed by atoms with van der Waals surface area (Å²) >= 11 is 3.51. The Kier molecular flexibility index (Phi) is 9.67. The first-order valence-corrected chi connectivity index (χ1v) is 10.8. The van der Waals surface area contributed by atoms with Gasteiger partial charge in [-0.2, -0.15) is 0 Å². The van der Waals surface area contributed by atoms with Crippen molar-refractivity contribution >= 4 is 51.6 Å². The van der Waals surface area contributed by atoms with E-state index in [0.717, 1.165) is 61.0 Å². The van der Waals surface area contributed by atoms with Crippen LogP contribution in [0.2, 0.25) is 0 Å². The van der Waals surface area contributed by atoms with E-state index in [9.17, 15) is 0 Å². The van der Waals surface area contributed by atoms with Crippen molar-refractivity contribution in [3.8, 4) is 0 Å². The SMILES string of the molecule is CCCCNC(=NCc1nnc(C)n1C)NC1CCN(c2ccc(Br)cc2)C1.I. The summed E-state index contributed by atoms with van der Waals surface area (Å²) in [5, 5.41) is 15.4. The molecule has 1 aromatic carbocycles. The number of nitrogens with zero attached hydrogens (tertiary/aromatic N) is 5. The van der Waals surface area contributed by atoms with Gasteiger partial charge in [0.2, 0.25) is 0 Å². The normalized spacial score (nSPS) is 16.6. The Bertz CT molecular complexity index is 791. The van der Waals surface area contributed by atoms with E-state index in [1.807, 2.05) is 18.5 Å². The summed E-state index contributed by atoms with van der Waals surface area (Å²) < 4.78 is 3.09. The molecule has 1 saturated heterocycles. The molecule has 1 atom stereocenters. The van der Waals surface area contributed by atoms with Gasteiger partial charge in [0.15, 0.2) is 11.8 Å². The van der Waals surface area contributed by atoms with E-state index < -0.39 is 0 Å². The van der Waals surface area contributed by atoms with Gasteiger partial charge in [-0.3, -0.25) is 0 Å². The van der Waals surface area contributed by atoms with Gasteiger partial charge in [-0.1, -0.05) is 29.3 Å². The summed E-state index contributed by atoms with van der Waals surface area (Å²) in [5.41, 5.74) is 1.26. The predicted molar refractivity (Wildman–Crippen MR) is 133 cm³/mol. The van der Waals surface area contributed by atoms with Gasteiger partial charge in [0, 0.05) is 42.9 Å². The van der Waals surface area contributed by atoms with Gasteiger partial charge >= 0.3 is 0 Å². The summed E-state index contributed by atoms with van der Waals surface area (Å²) in [6.07, 6.45) is 3.37. The standard InChI is InChI=1S/C20H30BrN7.HI/c1-4-5-11-22-20(23-13-19-26-25-15(2)27(19)3)24-17-10-12-28(14-17)18-8-6-16(21)7-9-18;/h6-9,17H,4-5,10-14H2,1-3H3,(H2,22,23,24);1H. The lowest BCUT2D eigenvalue weighted by Gasteiger charge is -2.20. The molecule has 0 bridgehead atoms. The van der Waals surface area contributed by atoms with Crippen LogP contribution in [-0.2, 0) is 13.6 Å². The quantitative estimate of drug-likeness (QED) is 0.228. The van der Waals surface area contributed by atoms with Gasteiger partial charge in [0.25, 0.3) is 0 Å². The molecule has 1 unspecified atom stereocenters. The average Bonchev–Trinajstić information content (AvgIpc) is 3.28. The molecule has 0 saturated carbocycles. The molecule has 1 aliphatic rings. The van der Waals surface area contributed by atoms with Crippen LogP contribution in [0.5, 0.6) is 0 Å². The zero-order chi connectivity index (χ0) is 19.9. The minimum Gasteiger partial charge on any atom is -0.369 e. The van der Waals surface area contributed by atoms with Crippen LogP contribution in [-0.4, -0.2) is 46.4 Å². The smallest absolute Gasteiger partial charge is 0.191 e. The molecule has 29 heavy (non-hydrogen) atoms. The van der Waals surface area contributed by atoms with Crippen LogP contribution < -0.4 is 15.5 Å². The first-order valence-electron chi connectivity index (χ1n) is 9.97. The maximum Gasteiger partial charge on any atom is 0.191 e. The molecular weight excluding hydrogens is 545 g/mol. The Morgan fingerprint density at radius 1 is 1.28 bits per heavy atom. The Labute approximate surface area is 198 Å². The van der Waals surface area contributed by atoms with E-state index in [2.05, 4.69) is 72.8 Å². The molecule has 0 spiro atoms. The summed E-state index contributed by atoms with van der Waals surface area (Å²) in [7, 11) is 1.98. The zero-order valence-electron chi connectivity index (χ0n) is 17.4. The number of anilines is 1. The fourth-order valence-corrected chi connectivity index (χ4v) is 3.50. The van der Waals surface area contributed by atoms with Gasteiger partial charge < -0.3 is 20.1 Å². The fourth-order valence-electron chi connectivity index (χ4n) is 3.23. The van der Waals surface area contributed by atoms with Crippen molar-refractivity contribution in [3.05, 3.63) is 40.4 Å². The van der Waals surface area contributed by atoms with Crippen LogP contribution >= 0.6 is 39.9 Å². The van der Waals surface area contributed by atoms with Crippen molar-refractivity contribution in [3.63, 3.8) is 0 Å². The molecule has 0 amide bonds. The van der Waals surface area contributed by atoms with Crippen LogP contribution in [0.1, 0.15) is 37.8 Å². The Hall–Kier alpha value is -1.36. The van der Waals surface area contributed by atoms with Crippen molar-refractivity contribution in [2.75, 3.05) is 24.5 Å². The van der Waals surface area contributed by atoms with E-state index in [1.165, 1.54) is 5.69 Å². The van der Waals surface area contributed by atoms with Crippen molar-refractivity contribution in [1.29, 1.82) is 0 Å². The number of aliphatic imine (C=N–C) groups is 1. The van der Waals surface area contributed by atoms with Crippen molar-refractivity contribution in [2.24, 2.45) is 12.0 Å². The molecule has 3 rings (SSSR count). The molecule has 9 heteroatoms. The highest BCUT2D eigenvalue weighted by molar-refractivity contribution is 14.0. The third kappa shape index (κ3) is 6.84. The van der Waals surface area contributed by atoms with E-state index >= 15 is 0 Å². The highest BCUT2D eigenvalue weighted by Crippen LogP contribution is 2.22. The second-order valence-corrected chi connectivity index (χ2v) is 8.14. The number of nitrogens with one attached hydrogen (secondary N) is 2. The van der Waals surface area contributed by atoms with Gasteiger partial charge in [-0.05, 0) is 44.0 Å². The highest BCUT2D eigenvalue weighted by atomic mass is 127. The van der Waals surface area contributed by atoms with E-state index in [-0.39, 0.29) is 24.0 Å². The molecule has 0 radical (unpaired) electrons. The van der Waals surface area contributed by atoms with Gasteiger partial charge in [0.1, 0.15) is 12.4 Å². The number of benzene rings is 1. The fraction of sp³-hybridized carbons (Fsp3) is 0.550. The van der Waals surface area contributed by atoms with E-state index in [1.54, 1.807) is 0 Å². The maximum absolute atomic E-state index is 4.76. The molecule has 2 aromatic rings. The first-order chi connectivity index (χ1) is 13.6. The van der Waals surface area contributed by atoms with Crippen molar-refractivity contribution < 1.29 is 0 Å². The Balaban J connectivity index is 0.00000300. The summed E-state index contributed by atoms with van der Waals surface area (Å²) in [4.78, 5) is 7.18. The van der Waals surface area contributed by atoms with Crippen molar-refractivity contribution in [2.45, 2.75) is 45.7 Å². The van der Waals surface area contributed by atoms with Crippen LogP contribution in [0.3, 0.4) is 0 Å². The van der Waals surface area contributed by atoms with Crippen LogP contribution in [0, 0.1) is 6.92 Å². The molecule has 2 N–H and O–H groups in total. The lowest BCUT2D eigenvalue weighted by molar-refractivity contribution is 0.636. The second-order valence-electron chi connectivity index (χ2n) is 7.22. The molecule has 0 aliphatic carbocycles. The van der Waals surface area contributed by atoms with Crippen molar-refractivity contribution in [1.82, 2.24) is 25.4 Å². The monoisotopic (exact) mass is 575 g/mol. The number of unbranched alkanes of at least 4 members (excludes halogenated alkanes) is 1. The van der Waals surface area contributed by atoms with E-state index in [4.69, 9.17) is 4.99 Å². The maximum atomic E-state index is 4.76. The molecule has 2 heterocycles. The van der Waals surface area contributed by atoms with Gasteiger partial charge in [-0.15, -0.1) is 34.2 Å². The largest absolute Gasteiger partial charge is 0.369 e. The highest BCUT2D eigenvalue weighted by Gasteiger charge is 2.23. The number of rotatable bonds is 7. The number of halogens is 2. The Morgan fingerprint density at radius 2 is 2.03 bits per heavy atom. The van der Waals surface area contributed by atoms with Crippen LogP contribution in [0.15, 0.2) is 33.7 Å². The predicted octanol–water partition coefficient (Wildman–Crippen LogP) is 3.62. The molecule has 1 aromatic heterocycles. The molecule has 160 valence electrons. The molecular formula is C20H31BrIN7. The van der Waals surface area contributed by atoms with Crippen LogP contribution in [0.4, 0.5) is 5.69 Å². The number of aromatic nitrogens is 3. The summed E-state index contributed by atoms with van der Waals surface area (Å²) in [6.45, 7) is 7.60. The van der Waals surface area contributed by atoms with Gasteiger partial charge in [0.05, 0.1) is 0 Å². The lowest BCUT2D eigenvalue weighted by atomic mass is 10.2. The van der Waals surface area contributed by atoms with Crippen LogP contribution in [0.25, 0.3) is 0 Å².